The molecule has 3 nitrogen and oxygen atoms in total. The molecule has 1 aliphatic rings. The Morgan fingerprint density at radius 1 is 1.44 bits per heavy atom. The minimum atomic E-state index is -0.633. The monoisotopic (exact) mass is 247 g/mol. The van der Waals surface area contributed by atoms with Crippen LogP contribution in [0.25, 0.3) is 0 Å². The van der Waals surface area contributed by atoms with E-state index in [0.29, 0.717) is 6.04 Å². The lowest BCUT2D eigenvalue weighted by Crippen LogP contribution is -2.33. The first-order chi connectivity index (χ1) is 7.72. The molecule has 2 unspecified atom stereocenters. The number of rotatable bonds is 7. The van der Waals surface area contributed by atoms with Gasteiger partial charge in [-0.3, -0.25) is 4.21 Å². The van der Waals surface area contributed by atoms with E-state index in [1.54, 1.807) is 0 Å². The summed E-state index contributed by atoms with van der Waals surface area (Å²) in [7, 11) is -0.633. The average Bonchev–Trinajstić information content (AvgIpc) is 2.30. The van der Waals surface area contributed by atoms with Gasteiger partial charge in [0.05, 0.1) is 0 Å². The zero-order valence-electron chi connectivity index (χ0n) is 10.5. The van der Waals surface area contributed by atoms with Crippen LogP contribution in [0.4, 0.5) is 0 Å². The van der Waals surface area contributed by atoms with E-state index in [9.17, 15) is 4.21 Å². The van der Waals surface area contributed by atoms with Crippen LogP contribution < -0.4 is 5.32 Å². The second-order valence-corrected chi connectivity index (χ2v) is 6.44. The SMILES string of the molecule is CCS(=O)CCNC(C)CC1CCOCC1. The molecule has 96 valence electrons. The van der Waals surface area contributed by atoms with Crippen LogP contribution in [0.3, 0.4) is 0 Å². The Balaban J connectivity index is 2.05. The fraction of sp³-hybridized carbons (Fsp3) is 1.00. The maximum atomic E-state index is 11.2. The summed E-state index contributed by atoms with van der Waals surface area (Å²) in [5, 5.41) is 3.46. The van der Waals surface area contributed by atoms with Crippen molar-refractivity contribution < 1.29 is 8.95 Å². The van der Waals surface area contributed by atoms with Crippen molar-refractivity contribution in [1.82, 2.24) is 5.32 Å². The van der Waals surface area contributed by atoms with Crippen LogP contribution in [-0.4, -0.2) is 41.5 Å². The first-order valence-corrected chi connectivity index (χ1v) is 7.87. The fourth-order valence-corrected chi connectivity index (χ4v) is 2.76. The maximum Gasteiger partial charge on any atom is 0.0468 e. The smallest absolute Gasteiger partial charge is 0.0468 e. The van der Waals surface area contributed by atoms with Gasteiger partial charge in [0.1, 0.15) is 0 Å². The Hall–Kier alpha value is 0.0700. The van der Waals surface area contributed by atoms with Gasteiger partial charge in [-0.15, -0.1) is 0 Å². The predicted octanol–water partition coefficient (Wildman–Crippen LogP) is 1.55. The van der Waals surface area contributed by atoms with E-state index < -0.39 is 10.8 Å². The third-order valence-electron chi connectivity index (χ3n) is 3.17. The molecule has 0 aromatic carbocycles. The molecule has 0 saturated carbocycles. The molecule has 0 aromatic rings. The Bertz CT molecular complexity index is 205. The molecule has 1 rings (SSSR count). The highest BCUT2D eigenvalue weighted by molar-refractivity contribution is 7.84. The summed E-state index contributed by atoms with van der Waals surface area (Å²) >= 11 is 0. The Labute approximate surface area is 102 Å². The van der Waals surface area contributed by atoms with E-state index in [-0.39, 0.29) is 0 Å². The lowest BCUT2D eigenvalue weighted by molar-refractivity contribution is 0.0613. The maximum absolute atomic E-state index is 11.2. The standard InChI is InChI=1S/C12H25NO2S/c1-3-16(14)9-6-13-11(2)10-12-4-7-15-8-5-12/h11-13H,3-10H2,1-2H3. The molecule has 16 heavy (non-hydrogen) atoms. The third-order valence-corrected chi connectivity index (χ3v) is 4.48. The first kappa shape index (κ1) is 14.1. The molecule has 0 bridgehead atoms. The number of ether oxygens (including phenoxy) is 1. The van der Waals surface area contributed by atoms with Gasteiger partial charge >= 0.3 is 0 Å². The zero-order chi connectivity index (χ0) is 11.8. The van der Waals surface area contributed by atoms with Gasteiger partial charge in [0, 0.05) is 48.1 Å². The van der Waals surface area contributed by atoms with Gasteiger partial charge in [-0.2, -0.15) is 0 Å². The van der Waals surface area contributed by atoms with Gasteiger partial charge in [0.15, 0.2) is 0 Å². The van der Waals surface area contributed by atoms with Crippen LogP contribution in [0.1, 0.15) is 33.1 Å². The van der Waals surface area contributed by atoms with E-state index in [1.807, 2.05) is 6.92 Å². The Morgan fingerprint density at radius 2 is 2.12 bits per heavy atom. The summed E-state index contributed by atoms with van der Waals surface area (Å²) in [5.74, 6) is 2.37. The Kier molecular flexibility index (Phi) is 7.25. The van der Waals surface area contributed by atoms with Gasteiger partial charge in [-0.25, -0.2) is 0 Å². The summed E-state index contributed by atoms with van der Waals surface area (Å²) < 4.78 is 16.6. The average molecular weight is 247 g/mol. The van der Waals surface area contributed by atoms with Crippen LogP contribution in [0.2, 0.25) is 0 Å². The lowest BCUT2D eigenvalue weighted by Gasteiger charge is -2.25. The lowest BCUT2D eigenvalue weighted by atomic mass is 9.93. The number of nitrogens with one attached hydrogen (secondary N) is 1. The van der Waals surface area contributed by atoms with Crippen molar-refractivity contribution in [3.8, 4) is 0 Å². The molecular formula is C12H25NO2S. The van der Waals surface area contributed by atoms with Gasteiger partial charge in [0.2, 0.25) is 0 Å². The molecule has 0 aliphatic carbocycles. The predicted molar refractivity (Wildman–Crippen MR) is 69.2 cm³/mol. The normalized spacial score (nSPS) is 21.9. The molecule has 1 fully saturated rings. The molecule has 1 heterocycles. The van der Waals surface area contributed by atoms with E-state index in [1.165, 1.54) is 19.3 Å². The zero-order valence-corrected chi connectivity index (χ0v) is 11.4. The van der Waals surface area contributed by atoms with Crippen LogP contribution in [0.5, 0.6) is 0 Å². The van der Waals surface area contributed by atoms with E-state index >= 15 is 0 Å². The highest BCUT2D eigenvalue weighted by Crippen LogP contribution is 2.19. The van der Waals surface area contributed by atoms with Gasteiger partial charge in [0.25, 0.3) is 0 Å². The summed E-state index contributed by atoms with van der Waals surface area (Å²) in [6.07, 6.45) is 3.63. The molecular weight excluding hydrogens is 222 g/mol. The van der Waals surface area contributed by atoms with Crippen molar-refractivity contribution in [3.05, 3.63) is 0 Å². The fourth-order valence-electron chi connectivity index (χ4n) is 2.13. The van der Waals surface area contributed by atoms with Crippen molar-refractivity contribution in [3.63, 3.8) is 0 Å². The Morgan fingerprint density at radius 3 is 2.75 bits per heavy atom. The molecule has 0 aromatic heterocycles. The molecule has 0 amide bonds. The van der Waals surface area contributed by atoms with Gasteiger partial charge in [-0.05, 0) is 32.1 Å². The summed E-state index contributed by atoms with van der Waals surface area (Å²) in [6, 6.07) is 0.539. The van der Waals surface area contributed by atoms with Crippen molar-refractivity contribution in [2.24, 2.45) is 5.92 Å². The van der Waals surface area contributed by atoms with E-state index in [0.717, 1.165) is 37.2 Å². The highest BCUT2D eigenvalue weighted by atomic mass is 32.2. The van der Waals surface area contributed by atoms with E-state index in [2.05, 4.69) is 12.2 Å². The van der Waals surface area contributed by atoms with Crippen LogP contribution in [0.15, 0.2) is 0 Å². The van der Waals surface area contributed by atoms with Crippen LogP contribution in [-0.2, 0) is 15.5 Å². The molecule has 1 aliphatic heterocycles. The van der Waals surface area contributed by atoms with Crippen molar-refractivity contribution in [2.75, 3.05) is 31.3 Å². The second kappa shape index (κ2) is 8.20. The quantitative estimate of drug-likeness (QED) is 0.742. The molecule has 1 N–H and O–H groups in total. The highest BCUT2D eigenvalue weighted by Gasteiger charge is 2.16. The van der Waals surface area contributed by atoms with E-state index in [4.69, 9.17) is 4.74 Å². The summed E-state index contributed by atoms with van der Waals surface area (Å²) in [5.41, 5.74) is 0. The van der Waals surface area contributed by atoms with Crippen molar-refractivity contribution in [2.45, 2.75) is 39.2 Å². The number of hydrogen-bond donors (Lipinski definition) is 1. The number of hydrogen-bond acceptors (Lipinski definition) is 3. The van der Waals surface area contributed by atoms with Crippen molar-refractivity contribution >= 4 is 10.8 Å². The van der Waals surface area contributed by atoms with Crippen molar-refractivity contribution in [1.29, 1.82) is 0 Å². The minimum absolute atomic E-state index is 0.539. The molecule has 1 saturated heterocycles. The molecule has 2 atom stereocenters. The van der Waals surface area contributed by atoms with Crippen LogP contribution in [0, 0.1) is 5.92 Å². The van der Waals surface area contributed by atoms with Gasteiger partial charge < -0.3 is 10.1 Å². The van der Waals surface area contributed by atoms with Gasteiger partial charge in [-0.1, -0.05) is 6.92 Å². The molecule has 0 radical (unpaired) electrons. The minimum Gasteiger partial charge on any atom is -0.381 e. The summed E-state index contributed by atoms with van der Waals surface area (Å²) in [6.45, 7) is 6.94. The molecule has 0 spiro atoms. The largest absolute Gasteiger partial charge is 0.381 e. The third kappa shape index (κ3) is 5.97. The topological polar surface area (TPSA) is 38.3 Å². The molecule has 4 heteroatoms. The van der Waals surface area contributed by atoms with Crippen LogP contribution >= 0.6 is 0 Å². The first-order valence-electron chi connectivity index (χ1n) is 6.38. The summed E-state index contributed by atoms with van der Waals surface area (Å²) in [4.78, 5) is 0. The second-order valence-electron chi connectivity index (χ2n) is 4.58.